The molecule has 8 heteroatoms. The number of nitrogens with zero attached hydrogens (tertiary/aromatic N) is 2. The van der Waals surface area contributed by atoms with Crippen LogP contribution in [0.3, 0.4) is 0 Å². The van der Waals surface area contributed by atoms with Crippen molar-refractivity contribution < 1.29 is 19.0 Å². The van der Waals surface area contributed by atoms with E-state index < -0.39 is 0 Å². The van der Waals surface area contributed by atoms with E-state index >= 15 is 0 Å². The van der Waals surface area contributed by atoms with Crippen LogP contribution in [0.4, 0.5) is 11.6 Å². The fourth-order valence-electron chi connectivity index (χ4n) is 2.44. The molecule has 2 aromatic carbocycles. The van der Waals surface area contributed by atoms with Crippen molar-refractivity contribution in [2.24, 2.45) is 0 Å². The molecule has 1 amide bonds. The number of methoxy groups -OCH3 is 2. The van der Waals surface area contributed by atoms with E-state index in [0.717, 1.165) is 11.5 Å². The van der Waals surface area contributed by atoms with Crippen molar-refractivity contribution in [2.45, 2.75) is 0 Å². The van der Waals surface area contributed by atoms with Gasteiger partial charge in [-0.1, -0.05) is 0 Å². The number of aromatic nitrogens is 2. The van der Waals surface area contributed by atoms with E-state index in [4.69, 9.17) is 14.2 Å². The molecule has 150 valence electrons. The van der Waals surface area contributed by atoms with Crippen molar-refractivity contribution in [2.75, 3.05) is 38.0 Å². The Morgan fingerprint density at radius 3 is 1.93 bits per heavy atom. The van der Waals surface area contributed by atoms with Crippen LogP contribution >= 0.6 is 0 Å². The van der Waals surface area contributed by atoms with Crippen LogP contribution in [0.5, 0.6) is 17.2 Å². The number of benzene rings is 2. The summed E-state index contributed by atoms with van der Waals surface area (Å²) < 4.78 is 15.8. The van der Waals surface area contributed by atoms with E-state index in [2.05, 4.69) is 20.8 Å². The quantitative estimate of drug-likeness (QED) is 0.538. The largest absolute Gasteiger partial charge is 0.497 e. The third-order valence-electron chi connectivity index (χ3n) is 3.99. The van der Waals surface area contributed by atoms with Crippen LogP contribution in [0.2, 0.25) is 0 Å². The normalized spacial score (nSPS) is 10.1. The van der Waals surface area contributed by atoms with Gasteiger partial charge in [0.1, 0.15) is 29.7 Å². The number of hydrogen-bond donors (Lipinski definition) is 2. The number of hydrogen-bond acceptors (Lipinski definition) is 7. The number of amides is 1. The third kappa shape index (κ3) is 5.83. The van der Waals surface area contributed by atoms with Gasteiger partial charge in [-0.25, -0.2) is 0 Å². The van der Waals surface area contributed by atoms with Crippen molar-refractivity contribution in [3.63, 3.8) is 0 Å². The Morgan fingerprint density at radius 2 is 1.34 bits per heavy atom. The summed E-state index contributed by atoms with van der Waals surface area (Å²) in [5, 5.41) is 13.9. The molecule has 2 N–H and O–H groups in total. The van der Waals surface area contributed by atoms with Crippen LogP contribution in [0, 0.1) is 0 Å². The van der Waals surface area contributed by atoms with Gasteiger partial charge in [0.05, 0.1) is 20.8 Å². The molecule has 3 aromatic rings. The van der Waals surface area contributed by atoms with Crippen molar-refractivity contribution in [1.82, 2.24) is 10.2 Å². The fourth-order valence-corrected chi connectivity index (χ4v) is 2.44. The molecule has 0 aliphatic carbocycles. The lowest BCUT2D eigenvalue weighted by atomic mass is 10.2. The lowest BCUT2D eigenvalue weighted by Gasteiger charge is -2.09. The number of carbonyl (C=O) groups is 1. The second kappa shape index (κ2) is 9.93. The first kappa shape index (κ1) is 19.9. The molecule has 29 heavy (non-hydrogen) atoms. The SMILES string of the molecule is COc1ccc(OCCNc2ccc(NC(=O)c3ccc(OC)cc3)nn2)cc1. The van der Waals surface area contributed by atoms with Crippen LogP contribution in [0.1, 0.15) is 10.4 Å². The van der Waals surface area contributed by atoms with Gasteiger partial charge in [0.2, 0.25) is 0 Å². The highest BCUT2D eigenvalue weighted by Gasteiger charge is 2.07. The average Bonchev–Trinajstić information content (AvgIpc) is 2.78. The number of nitrogens with one attached hydrogen (secondary N) is 2. The zero-order valence-electron chi connectivity index (χ0n) is 16.2. The van der Waals surface area contributed by atoms with Gasteiger partial charge < -0.3 is 24.8 Å². The molecular weight excluding hydrogens is 372 g/mol. The zero-order valence-corrected chi connectivity index (χ0v) is 16.2. The van der Waals surface area contributed by atoms with E-state index in [1.54, 1.807) is 50.6 Å². The lowest BCUT2D eigenvalue weighted by Crippen LogP contribution is -2.15. The Balaban J connectivity index is 1.43. The van der Waals surface area contributed by atoms with Gasteiger partial charge in [-0.15, -0.1) is 10.2 Å². The molecule has 0 bridgehead atoms. The van der Waals surface area contributed by atoms with Crippen molar-refractivity contribution in [1.29, 1.82) is 0 Å². The molecule has 0 aliphatic heterocycles. The molecule has 0 spiro atoms. The third-order valence-corrected chi connectivity index (χ3v) is 3.99. The van der Waals surface area contributed by atoms with Crippen molar-refractivity contribution in [3.8, 4) is 17.2 Å². The zero-order chi connectivity index (χ0) is 20.5. The Morgan fingerprint density at radius 1 is 0.793 bits per heavy atom. The summed E-state index contributed by atoms with van der Waals surface area (Å²) in [4.78, 5) is 12.2. The van der Waals surface area contributed by atoms with E-state index in [1.807, 2.05) is 24.3 Å². The maximum absolute atomic E-state index is 12.2. The summed E-state index contributed by atoms with van der Waals surface area (Å²) in [6.07, 6.45) is 0. The molecule has 0 radical (unpaired) electrons. The lowest BCUT2D eigenvalue weighted by molar-refractivity contribution is 0.102. The molecule has 0 atom stereocenters. The summed E-state index contributed by atoms with van der Waals surface area (Å²) in [6.45, 7) is 1.02. The van der Waals surface area contributed by atoms with Gasteiger partial charge >= 0.3 is 0 Å². The van der Waals surface area contributed by atoms with Crippen LogP contribution in [0.15, 0.2) is 60.7 Å². The predicted octanol–water partition coefficient (Wildman–Crippen LogP) is 3.24. The second-order valence-electron chi connectivity index (χ2n) is 5.94. The maximum Gasteiger partial charge on any atom is 0.256 e. The van der Waals surface area contributed by atoms with Crippen LogP contribution < -0.4 is 24.8 Å². The number of anilines is 2. The molecule has 0 saturated carbocycles. The fraction of sp³-hybridized carbons (Fsp3) is 0.190. The molecule has 8 nitrogen and oxygen atoms in total. The molecule has 1 aromatic heterocycles. The van der Waals surface area contributed by atoms with Gasteiger partial charge in [0, 0.05) is 5.56 Å². The molecule has 0 unspecified atom stereocenters. The second-order valence-corrected chi connectivity index (χ2v) is 5.94. The Hall–Kier alpha value is -3.81. The van der Waals surface area contributed by atoms with Crippen molar-refractivity contribution >= 4 is 17.5 Å². The van der Waals surface area contributed by atoms with E-state index in [9.17, 15) is 4.79 Å². The monoisotopic (exact) mass is 394 g/mol. The first-order valence-corrected chi connectivity index (χ1v) is 8.98. The Labute approximate surface area is 168 Å². The first-order valence-electron chi connectivity index (χ1n) is 8.98. The molecule has 0 saturated heterocycles. The number of ether oxygens (including phenoxy) is 3. The molecule has 0 aliphatic rings. The van der Waals surface area contributed by atoms with Crippen LogP contribution in [0.25, 0.3) is 0 Å². The highest BCUT2D eigenvalue weighted by molar-refractivity contribution is 6.03. The van der Waals surface area contributed by atoms with Gasteiger partial charge in [-0.3, -0.25) is 4.79 Å². The highest BCUT2D eigenvalue weighted by atomic mass is 16.5. The minimum Gasteiger partial charge on any atom is -0.497 e. The van der Waals surface area contributed by atoms with Gasteiger partial charge in [-0.05, 0) is 60.7 Å². The minimum atomic E-state index is -0.268. The first-order chi connectivity index (χ1) is 14.2. The Bertz CT molecular complexity index is 913. The topological polar surface area (TPSA) is 94.6 Å². The molecular formula is C21H22N4O4. The number of carbonyl (C=O) groups excluding carboxylic acids is 1. The highest BCUT2D eigenvalue weighted by Crippen LogP contribution is 2.17. The van der Waals surface area contributed by atoms with E-state index in [1.165, 1.54) is 0 Å². The standard InChI is InChI=1S/C21H22N4O4/c1-27-16-5-3-15(4-6-16)21(26)23-20-12-11-19(24-25-20)22-13-14-29-18-9-7-17(28-2)8-10-18/h3-12H,13-14H2,1-2H3,(H,22,24)(H,23,25,26). The van der Waals surface area contributed by atoms with Crippen molar-refractivity contribution in [3.05, 3.63) is 66.2 Å². The summed E-state index contributed by atoms with van der Waals surface area (Å²) in [7, 11) is 3.20. The summed E-state index contributed by atoms with van der Waals surface area (Å²) in [6, 6.07) is 17.6. The summed E-state index contributed by atoms with van der Waals surface area (Å²) in [5.41, 5.74) is 0.505. The minimum absolute atomic E-state index is 0.268. The molecule has 0 fully saturated rings. The number of rotatable bonds is 9. The van der Waals surface area contributed by atoms with Gasteiger partial charge in [0.15, 0.2) is 5.82 Å². The summed E-state index contributed by atoms with van der Waals surface area (Å²) >= 11 is 0. The van der Waals surface area contributed by atoms with E-state index in [-0.39, 0.29) is 5.91 Å². The molecule has 1 heterocycles. The van der Waals surface area contributed by atoms with Crippen LogP contribution in [-0.4, -0.2) is 43.5 Å². The van der Waals surface area contributed by atoms with Gasteiger partial charge in [-0.2, -0.15) is 0 Å². The smallest absolute Gasteiger partial charge is 0.256 e. The average molecular weight is 394 g/mol. The maximum atomic E-state index is 12.2. The summed E-state index contributed by atoms with van der Waals surface area (Å²) in [5.74, 6) is 2.92. The van der Waals surface area contributed by atoms with Crippen LogP contribution in [-0.2, 0) is 0 Å². The predicted molar refractivity (Wildman–Crippen MR) is 110 cm³/mol. The van der Waals surface area contributed by atoms with E-state index in [0.29, 0.717) is 36.1 Å². The Kier molecular flexibility index (Phi) is 6.83. The molecule has 3 rings (SSSR count). The van der Waals surface area contributed by atoms with Gasteiger partial charge in [0.25, 0.3) is 5.91 Å².